The van der Waals surface area contributed by atoms with Gasteiger partial charge in [0.2, 0.25) is 0 Å². The van der Waals surface area contributed by atoms with Gasteiger partial charge < -0.3 is 16.0 Å². The van der Waals surface area contributed by atoms with Crippen molar-refractivity contribution in [1.82, 2.24) is 26.4 Å². The standard InChI is InChI=1S/C19H20F3N5OS/c1-10-9-23-18(29-10)17(28)25-16-11(2)24-15-8-7-14(26-27(15)16)12-5-3-4-6-13(12)19(20,21)22/h3-9,14-15,18,23-24,26H,1-2H3,(H,25,28). The number of allylic oxidation sites excluding steroid dienone is 2. The van der Waals surface area contributed by atoms with Crippen LogP contribution in [-0.2, 0) is 11.0 Å². The quantitative estimate of drug-likeness (QED) is 0.561. The van der Waals surface area contributed by atoms with Gasteiger partial charge in [0.25, 0.3) is 5.91 Å². The minimum absolute atomic E-state index is 0.123. The van der Waals surface area contributed by atoms with Crippen LogP contribution in [0.1, 0.15) is 31.0 Å². The Bertz CT molecular complexity index is 927. The van der Waals surface area contributed by atoms with Crippen LogP contribution < -0.4 is 21.4 Å². The molecule has 0 aliphatic carbocycles. The summed E-state index contributed by atoms with van der Waals surface area (Å²) in [5.74, 6) is 0.259. The number of amides is 1. The van der Waals surface area contributed by atoms with E-state index in [2.05, 4.69) is 21.4 Å². The molecule has 1 amide bonds. The number of hydrazine groups is 1. The topological polar surface area (TPSA) is 68.4 Å². The summed E-state index contributed by atoms with van der Waals surface area (Å²) in [6.07, 6.45) is 0.496. The molecule has 154 valence electrons. The highest BCUT2D eigenvalue weighted by Gasteiger charge is 2.39. The Morgan fingerprint density at radius 2 is 1.97 bits per heavy atom. The molecule has 4 N–H and O–H groups in total. The van der Waals surface area contributed by atoms with Crippen LogP contribution in [-0.4, -0.2) is 22.5 Å². The van der Waals surface area contributed by atoms with E-state index in [1.807, 2.05) is 6.92 Å². The van der Waals surface area contributed by atoms with E-state index in [-0.39, 0.29) is 17.6 Å². The van der Waals surface area contributed by atoms with Gasteiger partial charge in [-0.3, -0.25) is 9.80 Å². The van der Waals surface area contributed by atoms with Crippen molar-refractivity contribution in [1.29, 1.82) is 0 Å². The molecule has 3 aliphatic rings. The molecule has 1 aromatic carbocycles. The zero-order valence-corrected chi connectivity index (χ0v) is 16.5. The third kappa shape index (κ3) is 3.82. The average molecular weight is 423 g/mol. The summed E-state index contributed by atoms with van der Waals surface area (Å²) >= 11 is 1.41. The van der Waals surface area contributed by atoms with Crippen molar-refractivity contribution in [2.45, 2.75) is 37.6 Å². The van der Waals surface area contributed by atoms with Gasteiger partial charge in [0.1, 0.15) is 12.0 Å². The highest BCUT2D eigenvalue weighted by Crippen LogP contribution is 2.36. The SMILES string of the molecule is CC1=CNC(C(=O)NC2=C(C)NC3C=CC(c4ccccc4C(F)(F)F)NN23)S1. The first-order chi connectivity index (χ1) is 13.7. The first-order valence-corrected chi connectivity index (χ1v) is 9.89. The fourth-order valence-electron chi connectivity index (χ4n) is 3.47. The van der Waals surface area contributed by atoms with Crippen LogP contribution in [0.2, 0.25) is 0 Å². The molecule has 6 nitrogen and oxygen atoms in total. The van der Waals surface area contributed by atoms with Gasteiger partial charge in [-0.15, -0.1) is 0 Å². The first kappa shape index (κ1) is 19.7. The van der Waals surface area contributed by atoms with Gasteiger partial charge in [-0.1, -0.05) is 36.0 Å². The monoisotopic (exact) mass is 423 g/mol. The van der Waals surface area contributed by atoms with E-state index in [4.69, 9.17) is 0 Å². The molecule has 0 saturated carbocycles. The summed E-state index contributed by atoms with van der Waals surface area (Å²) < 4.78 is 40.3. The Morgan fingerprint density at radius 3 is 2.66 bits per heavy atom. The second kappa shape index (κ2) is 7.34. The second-order valence-electron chi connectivity index (χ2n) is 6.92. The highest BCUT2D eigenvalue weighted by molar-refractivity contribution is 8.04. The number of thioether (sulfide) groups is 1. The van der Waals surface area contributed by atoms with Gasteiger partial charge in [0.15, 0.2) is 5.37 Å². The molecular weight excluding hydrogens is 403 g/mol. The normalized spacial score (nSPS) is 26.0. The molecule has 0 spiro atoms. The molecule has 0 fully saturated rings. The Kier molecular flexibility index (Phi) is 4.99. The third-order valence-corrected chi connectivity index (χ3v) is 5.90. The van der Waals surface area contributed by atoms with Gasteiger partial charge in [-0.2, -0.15) is 13.2 Å². The Balaban J connectivity index is 1.54. The maximum atomic E-state index is 13.4. The molecule has 0 saturated heterocycles. The lowest BCUT2D eigenvalue weighted by atomic mass is 9.99. The molecule has 3 atom stereocenters. The fourth-order valence-corrected chi connectivity index (χ4v) is 4.28. The molecular formula is C19H20F3N5OS. The number of nitrogens with one attached hydrogen (secondary N) is 4. The number of carbonyl (C=O) groups is 1. The number of carbonyl (C=O) groups excluding carboxylic acids is 1. The molecule has 3 unspecified atom stereocenters. The van der Waals surface area contributed by atoms with Crippen molar-refractivity contribution in [2.24, 2.45) is 0 Å². The van der Waals surface area contributed by atoms with E-state index in [9.17, 15) is 18.0 Å². The average Bonchev–Trinajstić information content (AvgIpc) is 3.24. The molecule has 3 aliphatic heterocycles. The summed E-state index contributed by atoms with van der Waals surface area (Å²) in [5.41, 5.74) is 3.26. The van der Waals surface area contributed by atoms with Crippen LogP contribution in [0.25, 0.3) is 0 Å². The van der Waals surface area contributed by atoms with Crippen molar-refractivity contribution < 1.29 is 18.0 Å². The van der Waals surface area contributed by atoms with Crippen LogP contribution in [0, 0.1) is 0 Å². The van der Waals surface area contributed by atoms with Gasteiger partial charge in [-0.25, -0.2) is 5.43 Å². The van der Waals surface area contributed by atoms with E-state index in [0.29, 0.717) is 5.82 Å². The van der Waals surface area contributed by atoms with Crippen molar-refractivity contribution in [2.75, 3.05) is 0 Å². The smallest absolute Gasteiger partial charge is 0.371 e. The summed E-state index contributed by atoms with van der Waals surface area (Å²) in [7, 11) is 0. The zero-order chi connectivity index (χ0) is 20.8. The molecule has 10 heteroatoms. The number of benzene rings is 1. The lowest BCUT2D eigenvalue weighted by Gasteiger charge is -2.35. The van der Waals surface area contributed by atoms with Crippen LogP contribution in [0.15, 0.2) is 59.0 Å². The third-order valence-electron chi connectivity index (χ3n) is 4.83. The summed E-state index contributed by atoms with van der Waals surface area (Å²) in [4.78, 5) is 13.6. The molecule has 0 radical (unpaired) electrons. The van der Waals surface area contributed by atoms with Crippen molar-refractivity contribution >= 4 is 17.7 Å². The zero-order valence-electron chi connectivity index (χ0n) is 15.7. The van der Waals surface area contributed by atoms with Crippen molar-refractivity contribution in [3.63, 3.8) is 0 Å². The fraction of sp³-hybridized carbons (Fsp3) is 0.316. The second-order valence-corrected chi connectivity index (χ2v) is 8.27. The first-order valence-electron chi connectivity index (χ1n) is 9.01. The van der Waals surface area contributed by atoms with Gasteiger partial charge in [-0.05, 0) is 36.5 Å². The minimum Gasteiger partial charge on any atom is -0.371 e. The van der Waals surface area contributed by atoms with Crippen molar-refractivity contribution in [3.8, 4) is 0 Å². The summed E-state index contributed by atoms with van der Waals surface area (Å²) in [5, 5.41) is 10.3. The number of halogens is 3. The minimum atomic E-state index is -4.45. The summed E-state index contributed by atoms with van der Waals surface area (Å²) in [6.45, 7) is 3.71. The predicted octanol–water partition coefficient (Wildman–Crippen LogP) is 2.88. The molecule has 4 rings (SSSR count). The number of nitrogens with zero attached hydrogens (tertiary/aromatic N) is 1. The molecule has 0 aromatic heterocycles. The maximum Gasteiger partial charge on any atom is 0.416 e. The lowest BCUT2D eigenvalue weighted by Crippen LogP contribution is -2.52. The Morgan fingerprint density at radius 1 is 1.21 bits per heavy atom. The van der Waals surface area contributed by atoms with E-state index in [1.54, 1.807) is 36.4 Å². The molecule has 29 heavy (non-hydrogen) atoms. The van der Waals surface area contributed by atoms with Gasteiger partial charge in [0, 0.05) is 6.20 Å². The number of hydrogen-bond donors (Lipinski definition) is 4. The van der Waals surface area contributed by atoms with E-state index in [1.165, 1.54) is 23.9 Å². The maximum absolute atomic E-state index is 13.4. The van der Waals surface area contributed by atoms with Crippen LogP contribution >= 0.6 is 11.8 Å². The Hall–Kier alpha value is -2.59. The predicted molar refractivity (Wildman–Crippen MR) is 104 cm³/mol. The lowest BCUT2D eigenvalue weighted by molar-refractivity contribution is -0.138. The number of rotatable bonds is 3. The molecule has 1 aromatic rings. The largest absolute Gasteiger partial charge is 0.416 e. The van der Waals surface area contributed by atoms with Crippen LogP contribution in [0.3, 0.4) is 0 Å². The van der Waals surface area contributed by atoms with Gasteiger partial charge >= 0.3 is 6.18 Å². The van der Waals surface area contributed by atoms with E-state index >= 15 is 0 Å². The van der Waals surface area contributed by atoms with Gasteiger partial charge in [0.05, 0.1) is 17.3 Å². The highest BCUT2D eigenvalue weighted by atomic mass is 32.2. The number of fused-ring (bicyclic) bond motifs is 1. The van der Waals surface area contributed by atoms with Crippen LogP contribution in [0.4, 0.5) is 13.2 Å². The van der Waals surface area contributed by atoms with Crippen molar-refractivity contribution in [3.05, 3.63) is 70.2 Å². The Labute approximate surface area is 170 Å². The number of alkyl halides is 3. The molecule has 3 heterocycles. The van der Waals surface area contributed by atoms with E-state index in [0.717, 1.165) is 16.7 Å². The van der Waals surface area contributed by atoms with E-state index < -0.39 is 23.2 Å². The molecule has 0 bridgehead atoms. The number of hydrogen-bond acceptors (Lipinski definition) is 6. The van der Waals surface area contributed by atoms with Crippen LogP contribution in [0.5, 0.6) is 0 Å². The summed E-state index contributed by atoms with van der Waals surface area (Å²) in [6, 6.07) is 4.79.